The Hall–Kier alpha value is -2.62. The summed E-state index contributed by atoms with van der Waals surface area (Å²) < 4.78 is 6.52. The molecule has 0 bridgehead atoms. The van der Waals surface area contributed by atoms with E-state index in [-0.39, 0.29) is 5.91 Å². The number of carbonyl (C=O) groups is 1. The number of hydrogen-bond acceptors (Lipinski definition) is 8. The van der Waals surface area contributed by atoms with Gasteiger partial charge < -0.3 is 9.42 Å². The molecule has 0 atom stereocenters. The first-order valence-electron chi connectivity index (χ1n) is 9.96. The number of aryl methyl sites for hydroxylation is 1. The number of benzene rings is 1. The Morgan fingerprint density at radius 3 is 2.73 bits per heavy atom. The largest absolute Gasteiger partial charge is 0.340 e. The molecule has 0 saturated carbocycles. The molecule has 5 rings (SSSR count). The zero-order valence-electron chi connectivity index (χ0n) is 16.4. The van der Waals surface area contributed by atoms with Gasteiger partial charge >= 0.3 is 0 Å². The minimum absolute atomic E-state index is 0.144. The van der Waals surface area contributed by atoms with Crippen molar-refractivity contribution in [3.8, 4) is 10.7 Å². The highest BCUT2D eigenvalue weighted by Gasteiger charge is 2.22. The fraction of sp³-hybridized carbons (Fsp3) is 0.333. The van der Waals surface area contributed by atoms with E-state index >= 15 is 0 Å². The number of rotatable bonds is 6. The Balaban J connectivity index is 1.10. The molecule has 30 heavy (non-hydrogen) atoms. The fourth-order valence-electron chi connectivity index (χ4n) is 3.57. The third-order valence-corrected chi connectivity index (χ3v) is 7.07. The Morgan fingerprint density at radius 1 is 1.07 bits per heavy atom. The molecule has 1 saturated heterocycles. The Kier molecular flexibility index (Phi) is 5.56. The number of carbonyl (C=O) groups excluding carboxylic acids is 1. The molecule has 3 aromatic heterocycles. The Labute approximate surface area is 182 Å². The van der Waals surface area contributed by atoms with Crippen LogP contribution in [0, 0.1) is 0 Å². The van der Waals surface area contributed by atoms with Gasteiger partial charge in [-0.25, -0.2) is 4.98 Å². The second-order valence-electron chi connectivity index (χ2n) is 7.22. The fourth-order valence-corrected chi connectivity index (χ4v) is 5.23. The highest BCUT2D eigenvalue weighted by molar-refractivity contribution is 7.18. The van der Waals surface area contributed by atoms with E-state index in [1.54, 1.807) is 22.7 Å². The minimum atomic E-state index is 0.144. The third-order valence-electron chi connectivity index (χ3n) is 5.18. The smallest absolute Gasteiger partial charge is 0.227 e. The van der Waals surface area contributed by atoms with Crippen LogP contribution >= 0.6 is 22.7 Å². The molecule has 154 valence electrons. The van der Waals surface area contributed by atoms with Crippen LogP contribution in [0.25, 0.3) is 20.9 Å². The Bertz CT molecular complexity index is 1100. The number of hydrogen-bond donors (Lipinski definition) is 0. The normalized spacial score (nSPS) is 15.1. The van der Waals surface area contributed by atoms with E-state index in [4.69, 9.17) is 9.51 Å². The first-order chi connectivity index (χ1) is 14.7. The van der Waals surface area contributed by atoms with Crippen LogP contribution in [0.2, 0.25) is 0 Å². The van der Waals surface area contributed by atoms with Crippen molar-refractivity contribution in [3.05, 3.63) is 52.7 Å². The molecule has 1 aromatic carbocycles. The summed E-state index contributed by atoms with van der Waals surface area (Å²) in [5.41, 5.74) is 1.06. The monoisotopic (exact) mass is 439 g/mol. The predicted octanol–water partition coefficient (Wildman–Crippen LogP) is 3.68. The van der Waals surface area contributed by atoms with Gasteiger partial charge in [-0.15, -0.1) is 22.7 Å². The number of thiazole rings is 1. The molecular formula is C21H21N5O2S2. The maximum Gasteiger partial charge on any atom is 0.227 e. The van der Waals surface area contributed by atoms with Gasteiger partial charge in [0.15, 0.2) is 0 Å². The van der Waals surface area contributed by atoms with Crippen molar-refractivity contribution >= 4 is 38.8 Å². The molecule has 0 N–H and O–H groups in total. The van der Waals surface area contributed by atoms with Gasteiger partial charge in [0.05, 0.1) is 21.6 Å². The zero-order valence-corrected chi connectivity index (χ0v) is 18.0. The van der Waals surface area contributed by atoms with E-state index in [2.05, 4.69) is 27.2 Å². The number of fused-ring (bicyclic) bond motifs is 1. The summed E-state index contributed by atoms with van der Waals surface area (Å²) in [6, 6.07) is 12.1. The lowest BCUT2D eigenvalue weighted by Crippen LogP contribution is -2.48. The van der Waals surface area contributed by atoms with Crippen molar-refractivity contribution in [2.24, 2.45) is 0 Å². The molecule has 4 aromatic rings. The molecule has 0 unspecified atom stereocenters. The van der Waals surface area contributed by atoms with Gasteiger partial charge in [0.2, 0.25) is 17.6 Å². The first kappa shape index (κ1) is 19.3. The maximum atomic E-state index is 12.6. The summed E-state index contributed by atoms with van der Waals surface area (Å²) >= 11 is 3.32. The molecule has 0 spiro atoms. The predicted molar refractivity (Wildman–Crippen MR) is 117 cm³/mol. The van der Waals surface area contributed by atoms with Gasteiger partial charge in [-0.2, -0.15) is 4.98 Å². The van der Waals surface area contributed by atoms with E-state index in [1.807, 2.05) is 34.5 Å². The second kappa shape index (κ2) is 8.63. The van der Waals surface area contributed by atoms with Crippen LogP contribution in [0.4, 0.5) is 0 Å². The third kappa shape index (κ3) is 4.28. The highest BCUT2D eigenvalue weighted by atomic mass is 32.1. The molecule has 7 nitrogen and oxygen atoms in total. The van der Waals surface area contributed by atoms with Crippen molar-refractivity contribution in [2.45, 2.75) is 19.4 Å². The summed E-state index contributed by atoms with van der Waals surface area (Å²) in [6.45, 7) is 4.06. The van der Waals surface area contributed by atoms with Crippen molar-refractivity contribution in [3.63, 3.8) is 0 Å². The van der Waals surface area contributed by atoms with E-state index in [0.717, 1.165) is 48.1 Å². The van der Waals surface area contributed by atoms with E-state index in [9.17, 15) is 4.79 Å². The number of piperazine rings is 1. The lowest BCUT2D eigenvalue weighted by molar-refractivity contribution is -0.133. The molecule has 1 aliphatic rings. The number of para-hydroxylation sites is 1. The van der Waals surface area contributed by atoms with Gasteiger partial charge in [-0.3, -0.25) is 9.69 Å². The summed E-state index contributed by atoms with van der Waals surface area (Å²) in [5, 5.41) is 7.11. The number of nitrogens with zero attached hydrogens (tertiary/aromatic N) is 5. The van der Waals surface area contributed by atoms with Crippen LogP contribution < -0.4 is 0 Å². The van der Waals surface area contributed by atoms with Crippen molar-refractivity contribution in [2.75, 3.05) is 26.2 Å². The zero-order chi connectivity index (χ0) is 20.3. The van der Waals surface area contributed by atoms with Crippen LogP contribution in [0.3, 0.4) is 0 Å². The molecule has 1 fully saturated rings. The number of aromatic nitrogens is 3. The van der Waals surface area contributed by atoms with Gasteiger partial charge in [-0.1, -0.05) is 23.4 Å². The molecule has 1 aliphatic heterocycles. The minimum Gasteiger partial charge on any atom is -0.340 e. The van der Waals surface area contributed by atoms with Crippen molar-refractivity contribution in [1.29, 1.82) is 0 Å². The summed E-state index contributed by atoms with van der Waals surface area (Å²) in [7, 11) is 0. The second-order valence-corrected chi connectivity index (χ2v) is 9.28. The molecule has 1 amide bonds. The van der Waals surface area contributed by atoms with E-state index in [0.29, 0.717) is 24.6 Å². The molecule has 0 aliphatic carbocycles. The summed E-state index contributed by atoms with van der Waals surface area (Å²) in [5.74, 6) is 1.25. The van der Waals surface area contributed by atoms with Gasteiger partial charge in [0.25, 0.3) is 0 Å². The van der Waals surface area contributed by atoms with Crippen LogP contribution in [0.1, 0.15) is 17.3 Å². The van der Waals surface area contributed by atoms with Crippen molar-refractivity contribution < 1.29 is 9.32 Å². The van der Waals surface area contributed by atoms with Crippen LogP contribution in [0.15, 0.2) is 46.3 Å². The molecule has 9 heteroatoms. The van der Waals surface area contributed by atoms with Crippen LogP contribution in [0.5, 0.6) is 0 Å². The number of amides is 1. The van der Waals surface area contributed by atoms with Crippen LogP contribution in [-0.4, -0.2) is 57.0 Å². The standard InChI is InChI=1S/C21H21N5O2S2/c27-20(8-7-18-23-21(24-28-18)17-6-3-13-29-17)26-11-9-25(10-12-26)14-19-22-15-4-1-2-5-16(15)30-19/h1-6,13H,7-12,14H2. The summed E-state index contributed by atoms with van der Waals surface area (Å²) in [4.78, 5) is 27.0. The van der Waals surface area contributed by atoms with E-state index in [1.165, 1.54) is 4.70 Å². The molecule has 0 radical (unpaired) electrons. The van der Waals surface area contributed by atoms with E-state index < -0.39 is 0 Å². The van der Waals surface area contributed by atoms with Gasteiger partial charge in [0.1, 0.15) is 5.01 Å². The molecule has 4 heterocycles. The first-order valence-corrected chi connectivity index (χ1v) is 11.7. The average Bonchev–Trinajstić information content (AvgIpc) is 3.52. The quantitative estimate of drug-likeness (QED) is 0.456. The topological polar surface area (TPSA) is 75.4 Å². The van der Waals surface area contributed by atoms with Crippen molar-refractivity contribution in [1.82, 2.24) is 24.9 Å². The SMILES string of the molecule is O=C(CCc1nc(-c2cccs2)no1)N1CCN(Cc2nc3ccccc3s2)CC1. The lowest BCUT2D eigenvalue weighted by atomic mass is 10.2. The lowest BCUT2D eigenvalue weighted by Gasteiger charge is -2.34. The van der Waals surface area contributed by atoms with Gasteiger partial charge in [0, 0.05) is 39.0 Å². The maximum absolute atomic E-state index is 12.6. The highest BCUT2D eigenvalue weighted by Crippen LogP contribution is 2.23. The summed E-state index contributed by atoms with van der Waals surface area (Å²) in [6.07, 6.45) is 0.868. The molecular weight excluding hydrogens is 418 g/mol. The average molecular weight is 440 g/mol. The van der Waals surface area contributed by atoms with Gasteiger partial charge in [-0.05, 0) is 23.6 Å². The number of thiophene rings is 1. The Morgan fingerprint density at radius 2 is 1.93 bits per heavy atom. The van der Waals surface area contributed by atoms with Crippen LogP contribution in [-0.2, 0) is 17.8 Å².